The minimum Gasteiger partial charge on any atom is -0.554 e. The average molecular weight is 249 g/mol. The first kappa shape index (κ1) is 12.9. The Morgan fingerprint density at radius 1 is 1.18 bits per heavy atom. The molecule has 1 aromatic carbocycles. The van der Waals surface area contributed by atoms with Crippen LogP contribution in [-0.4, -0.2) is 15.5 Å². The van der Waals surface area contributed by atoms with Gasteiger partial charge in [0.2, 0.25) is 0 Å². The highest BCUT2D eigenvalue weighted by Crippen LogP contribution is 2.06. The molecular weight excluding hydrogens is 240 g/mol. The van der Waals surface area contributed by atoms with Crippen LogP contribution in [0.25, 0.3) is 0 Å². The van der Waals surface area contributed by atoms with Crippen molar-refractivity contribution in [2.24, 2.45) is 0 Å². The summed E-state index contributed by atoms with van der Waals surface area (Å²) in [5, 5.41) is 0. The molecule has 0 bridgehead atoms. The molecule has 0 spiro atoms. The molecule has 0 unspecified atom stereocenters. The lowest BCUT2D eigenvalue weighted by atomic mass is 10.3. The Balaban J connectivity index is 0.000000181. The molecule has 1 heterocycles. The van der Waals surface area contributed by atoms with Crippen LogP contribution < -0.4 is 9.22 Å². The van der Waals surface area contributed by atoms with E-state index < -0.39 is 9.17 Å². The van der Waals surface area contributed by atoms with Crippen LogP contribution in [0, 0.1) is 0 Å². The van der Waals surface area contributed by atoms with Gasteiger partial charge in [-0.1, -0.05) is 18.2 Å². The van der Waals surface area contributed by atoms with E-state index in [1.807, 2.05) is 0 Å². The molecule has 0 aliphatic carbocycles. The molecule has 17 heavy (non-hydrogen) atoms. The third-order valence-electron chi connectivity index (χ3n) is 1.60. The van der Waals surface area contributed by atoms with Crippen molar-refractivity contribution < 1.29 is 22.9 Å². The summed E-state index contributed by atoms with van der Waals surface area (Å²) in [4.78, 5) is 19.8. The zero-order chi connectivity index (χ0) is 12.5. The van der Waals surface area contributed by atoms with Crippen molar-refractivity contribution in [2.75, 3.05) is 0 Å². The molecule has 0 saturated carbocycles. The van der Waals surface area contributed by atoms with Crippen molar-refractivity contribution in [1.29, 1.82) is 0 Å². The van der Waals surface area contributed by atoms with Crippen LogP contribution in [0.4, 0.5) is 0 Å². The van der Waals surface area contributed by atoms with E-state index >= 15 is 0 Å². The number of hydrogen-bond acceptors (Lipinski definition) is 5. The van der Waals surface area contributed by atoms with E-state index in [4.69, 9.17) is 0 Å². The number of hydrogen-bond donors (Lipinski definition) is 0. The normalized spacial score (nSPS) is 8.71. The third-order valence-corrected chi connectivity index (χ3v) is 2.01. The molecule has 0 aliphatic rings. The fraction of sp³-hybridized carbons (Fsp3) is 0. The van der Waals surface area contributed by atoms with Gasteiger partial charge in [0, 0.05) is 5.75 Å². The lowest BCUT2D eigenvalue weighted by Crippen LogP contribution is -2.26. The Morgan fingerprint density at radius 3 is 2.29 bits per heavy atom. The number of furan rings is 1. The molecular formula is C11H9O5Si-. The summed E-state index contributed by atoms with van der Waals surface area (Å²) >= 11 is 0. The predicted molar refractivity (Wildman–Crippen MR) is 57.6 cm³/mol. The van der Waals surface area contributed by atoms with E-state index in [-0.39, 0.29) is 0 Å². The average Bonchev–Trinajstić information content (AvgIpc) is 2.83. The molecule has 0 atom stereocenters. The van der Waals surface area contributed by atoms with Gasteiger partial charge in [0.15, 0.2) is 12.0 Å². The van der Waals surface area contributed by atoms with Crippen molar-refractivity contribution in [3.8, 4) is 5.75 Å². The SMILES string of the molecule is O=Cc1ccco1.O=[Si]([O-])Oc1ccccc1. The molecule has 0 radical (unpaired) electrons. The second kappa shape index (κ2) is 7.13. The zero-order valence-electron chi connectivity index (χ0n) is 8.74. The second-order valence-electron chi connectivity index (χ2n) is 2.80. The summed E-state index contributed by atoms with van der Waals surface area (Å²) in [5.74, 6) is 0.737. The first-order valence-corrected chi connectivity index (χ1v) is 5.87. The maximum absolute atomic E-state index is 10.0. The molecule has 0 aliphatic heterocycles. The van der Waals surface area contributed by atoms with Gasteiger partial charge in [-0.3, -0.25) is 4.79 Å². The molecule has 6 heteroatoms. The van der Waals surface area contributed by atoms with Crippen LogP contribution in [-0.2, 0) is 4.46 Å². The molecule has 0 saturated heterocycles. The van der Waals surface area contributed by atoms with Crippen LogP contribution in [0.1, 0.15) is 10.6 Å². The highest BCUT2D eigenvalue weighted by atomic mass is 28.3. The third kappa shape index (κ3) is 5.43. The van der Waals surface area contributed by atoms with Gasteiger partial charge in [0.25, 0.3) is 0 Å². The predicted octanol–water partition coefficient (Wildman–Crippen LogP) is 0.933. The van der Waals surface area contributed by atoms with Gasteiger partial charge in [-0.05, 0) is 24.3 Å². The van der Waals surface area contributed by atoms with Crippen LogP contribution in [0.15, 0.2) is 53.1 Å². The summed E-state index contributed by atoms with van der Waals surface area (Å²) < 4.78 is 19.0. The molecule has 88 valence electrons. The topological polar surface area (TPSA) is 79.6 Å². The van der Waals surface area contributed by atoms with Gasteiger partial charge >= 0.3 is 9.17 Å². The number of carbonyl (C=O) groups is 1. The molecule has 2 rings (SSSR count). The van der Waals surface area contributed by atoms with Crippen LogP contribution in [0.5, 0.6) is 5.75 Å². The summed E-state index contributed by atoms with van der Waals surface area (Å²) in [6.45, 7) is 0. The van der Waals surface area contributed by atoms with E-state index in [1.165, 1.54) is 6.26 Å². The maximum Gasteiger partial charge on any atom is 0.418 e. The minimum absolute atomic E-state index is 0.362. The Labute approximate surface area is 99.2 Å². The van der Waals surface area contributed by atoms with Crippen molar-refractivity contribution in [1.82, 2.24) is 0 Å². The van der Waals surface area contributed by atoms with E-state index in [9.17, 15) is 14.1 Å². The fourth-order valence-electron chi connectivity index (χ4n) is 0.943. The van der Waals surface area contributed by atoms with Crippen molar-refractivity contribution in [3.05, 3.63) is 54.5 Å². The minimum atomic E-state index is -3.09. The fourth-order valence-corrected chi connectivity index (χ4v) is 1.27. The van der Waals surface area contributed by atoms with E-state index in [0.717, 1.165) is 0 Å². The van der Waals surface area contributed by atoms with Crippen LogP contribution in [0.2, 0.25) is 0 Å². The maximum atomic E-state index is 10.0. The number of aldehydes is 1. The standard InChI is InChI=1S/C6H5O3Si.C5H4O2/c7-10(8)9-6-4-2-1-3-5-6;6-4-5-2-1-3-7-5/h1-5H;1-4H/q-1;. The number of carbonyl (C=O) groups excluding carboxylic acids is 1. The number of para-hydroxylation sites is 1. The Bertz CT molecular complexity index is 452. The highest BCUT2D eigenvalue weighted by Gasteiger charge is 1.87. The van der Waals surface area contributed by atoms with Gasteiger partial charge in [-0.15, -0.1) is 0 Å². The van der Waals surface area contributed by atoms with E-state index in [2.05, 4.69) is 8.84 Å². The molecule has 0 fully saturated rings. The second-order valence-corrected chi connectivity index (χ2v) is 3.50. The van der Waals surface area contributed by atoms with Crippen molar-refractivity contribution in [3.63, 3.8) is 0 Å². The van der Waals surface area contributed by atoms with E-state index in [1.54, 1.807) is 42.5 Å². The smallest absolute Gasteiger partial charge is 0.418 e. The highest BCUT2D eigenvalue weighted by molar-refractivity contribution is 6.23. The Kier molecular flexibility index (Phi) is 5.39. The van der Waals surface area contributed by atoms with Crippen molar-refractivity contribution in [2.45, 2.75) is 0 Å². The summed E-state index contributed by atoms with van der Waals surface area (Å²) in [7, 11) is -3.09. The number of rotatable bonds is 3. The summed E-state index contributed by atoms with van der Waals surface area (Å²) in [5.41, 5.74) is 0. The molecule has 0 amide bonds. The lowest BCUT2D eigenvalue weighted by Gasteiger charge is -2.05. The van der Waals surface area contributed by atoms with Gasteiger partial charge in [-0.25, -0.2) is 0 Å². The van der Waals surface area contributed by atoms with E-state index in [0.29, 0.717) is 17.8 Å². The monoisotopic (exact) mass is 249 g/mol. The molecule has 5 nitrogen and oxygen atoms in total. The van der Waals surface area contributed by atoms with Crippen LogP contribution in [0.3, 0.4) is 0 Å². The van der Waals surface area contributed by atoms with Gasteiger partial charge in [-0.2, -0.15) is 0 Å². The molecule has 2 aromatic rings. The first-order chi connectivity index (χ1) is 8.22. The molecule has 1 aromatic heterocycles. The largest absolute Gasteiger partial charge is 0.554 e. The Hall–Kier alpha value is -2.21. The van der Waals surface area contributed by atoms with Gasteiger partial charge in [0.1, 0.15) is 0 Å². The van der Waals surface area contributed by atoms with Gasteiger partial charge in [0.05, 0.1) is 6.26 Å². The van der Waals surface area contributed by atoms with Crippen LogP contribution >= 0.6 is 0 Å². The van der Waals surface area contributed by atoms with Crippen molar-refractivity contribution >= 4 is 15.5 Å². The number of benzene rings is 1. The zero-order valence-corrected chi connectivity index (χ0v) is 9.74. The Morgan fingerprint density at radius 2 is 1.88 bits per heavy atom. The summed E-state index contributed by atoms with van der Waals surface area (Å²) in [6, 6.07) is 11.6. The summed E-state index contributed by atoms with van der Waals surface area (Å²) in [6.07, 6.45) is 2.13. The first-order valence-electron chi connectivity index (χ1n) is 4.65. The molecule has 0 N–H and O–H groups in total. The van der Waals surface area contributed by atoms with Gasteiger partial charge < -0.3 is 18.1 Å². The quantitative estimate of drug-likeness (QED) is 0.597. The lowest BCUT2D eigenvalue weighted by molar-refractivity contribution is -0.220.